The van der Waals surface area contributed by atoms with Crippen molar-refractivity contribution in [2.45, 2.75) is 25.8 Å². The number of aromatic nitrogens is 2. The van der Waals surface area contributed by atoms with Crippen LogP contribution in [0.3, 0.4) is 0 Å². The molecule has 20 heavy (non-hydrogen) atoms. The van der Waals surface area contributed by atoms with Gasteiger partial charge in [0.05, 0.1) is 24.5 Å². The molecule has 0 bridgehead atoms. The van der Waals surface area contributed by atoms with Crippen LogP contribution in [-0.2, 0) is 0 Å². The molecule has 106 valence electrons. The fourth-order valence-electron chi connectivity index (χ4n) is 2.75. The molecule has 1 saturated heterocycles. The number of aliphatic hydroxyl groups excluding tert-OH is 1. The van der Waals surface area contributed by atoms with E-state index in [-0.39, 0.29) is 35.2 Å². The lowest BCUT2D eigenvalue weighted by Gasteiger charge is -2.22. The molecule has 1 atom stereocenters. The fraction of sp³-hybridized carbons (Fsp3) is 0.462. The van der Waals surface area contributed by atoms with Gasteiger partial charge >= 0.3 is 0 Å². The molecular weight excluding hydrogens is 262 g/mol. The van der Waals surface area contributed by atoms with E-state index in [0.717, 1.165) is 12.8 Å². The summed E-state index contributed by atoms with van der Waals surface area (Å²) in [5.41, 5.74) is 0.0130. The molecule has 3 rings (SSSR count). The van der Waals surface area contributed by atoms with Crippen molar-refractivity contribution >= 4 is 17.0 Å². The van der Waals surface area contributed by atoms with E-state index in [2.05, 4.69) is 9.97 Å². The van der Waals surface area contributed by atoms with E-state index in [9.17, 15) is 14.7 Å². The Labute approximate surface area is 114 Å². The Kier molecular flexibility index (Phi) is 3.06. The smallest absolute Gasteiger partial charge is 0.262 e. The summed E-state index contributed by atoms with van der Waals surface area (Å²) in [5.74, 6) is 0.0917. The number of H-pyrrole nitrogens is 1. The summed E-state index contributed by atoms with van der Waals surface area (Å²) in [4.78, 5) is 32.5. The zero-order valence-corrected chi connectivity index (χ0v) is 11.0. The van der Waals surface area contributed by atoms with Crippen molar-refractivity contribution in [2.75, 3.05) is 13.2 Å². The third-order valence-corrected chi connectivity index (χ3v) is 3.73. The van der Waals surface area contributed by atoms with Gasteiger partial charge in [-0.2, -0.15) is 0 Å². The predicted octanol–water partition coefficient (Wildman–Crippen LogP) is 0.421. The first-order chi connectivity index (χ1) is 9.63. The first kappa shape index (κ1) is 12.9. The monoisotopic (exact) mass is 277 g/mol. The molecule has 1 aliphatic rings. The third kappa shape index (κ3) is 1.82. The van der Waals surface area contributed by atoms with E-state index in [1.807, 2.05) is 0 Å². The number of carbonyl (C=O) groups excluding carboxylic acids is 1. The lowest BCUT2D eigenvalue weighted by molar-refractivity contribution is 0.0677. The number of aromatic amines is 1. The molecule has 2 aromatic rings. The third-order valence-electron chi connectivity index (χ3n) is 3.73. The number of rotatable bonds is 2. The van der Waals surface area contributed by atoms with Crippen LogP contribution < -0.4 is 5.56 Å². The van der Waals surface area contributed by atoms with Gasteiger partial charge in [-0.3, -0.25) is 9.59 Å². The minimum Gasteiger partial charge on any atom is -0.442 e. The number of aliphatic hydroxyl groups is 1. The van der Waals surface area contributed by atoms with Gasteiger partial charge in [0.15, 0.2) is 0 Å². The van der Waals surface area contributed by atoms with E-state index in [1.165, 1.54) is 6.33 Å². The first-order valence-electron chi connectivity index (χ1n) is 6.52. The molecule has 0 aliphatic carbocycles. The van der Waals surface area contributed by atoms with Gasteiger partial charge in [0.2, 0.25) is 5.71 Å². The van der Waals surface area contributed by atoms with Gasteiger partial charge in [-0.15, -0.1) is 0 Å². The van der Waals surface area contributed by atoms with Crippen molar-refractivity contribution < 1.29 is 14.3 Å². The van der Waals surface area contributed by atoms with Gasteiger partial charge in [-0.1, -0.05) is 0 Å². The quantitative estimate of drug-likeness (QED) is 0.828. The Balaban J connectivity index is 2.12. The molecule has 2 N–H and O–H groups in total. The topological polar surface area (TPSA) is 99.4 Å². The first-order valence-corrected chi connectivity index (χ1v) is 6.52. The normalized spacial score (nSPS) is 18.9. The van der Waals surface area contributed by atoms with Crippen LogP contribution in [0.25, 0.3) is 11.1 Å². The fourth-order valence-corrected chi connectivity index (χ4v) is 2.75. The standard InChI is InChI=1S/C13H15N3O4/c1-7-9(10-11(18)14-6-15-12(10)20-7)13(19)16-4-2-3-8(16)5-17/h6,8,17H,2-5H2,1H3,(H,14,15,18). The van der Waals surface area contributed by atoms with Crippen LogP contribution in [0.15, 0.2) is 15.5 Å². The van der Waals surface area contributed by atoms with E-state index < -0.39 is 5.56 Å². The summed E-state index contributed by atoms with van der Waals surface area (Å²) in [6.07, 6.45) is 2.86. The summed E-state index contributed by atoms with van der Waals surface area (Å²) >= 11 is 0. The molecule has 7 nitrogen and oxygen atoms in total. The van der Waals surface area contributed by atoms with Crippen LogP contribution in [0.4, 0.5) is 0 Å². The lowest BCUT2D eigenvalue weighted by atomic mass is 10.1. The molecular formula is C13H15N3O4. The Hall–Kier alpha value is -2.15. The lowest BCUT2D eigenvalue weighted by Crippen LogP contribution is -2.38. The highest BCUT2D eigenvalue weighted by atomic mass is 16.3. The number of likely N-dealkylation sites (tertiary alicyclic amines) is 1. The maximum atomic E-state index is 12.6. The van der Waals surface area contributed by atoms with Gasteiger partial charge in [0.25, 0.3) is 11.5 Å². The minimum atomic E-state index is -0.394. The predicted molar refractivity (Wildman–Crippen MR) is 70.5 cm³/mol. The van der Waals surface area contributed by atoms with E-state index in [4.69, 9.17) is 4.42 Å². The zero-order valence-electron chi connectivity index (χ0n) is 11.0. The van der Waals surface area contributed by atoms with Crippen LogP contribution in [0.5, 0.6) is 0 Å². The highest BCUT2D eigenvalue weighted by Crippen LogP contribution is 2.26. The molecule has 0 aromatic carbocycles. The highest BCUT2D eigenvalue weighted by molar-refractivity contribution is 6.06. The number of furan rings is 1. The summed E-state index contributed by atoms with van der Waals surface area (Å²) in [7, 11) is 0. The molecule has 2 aromatic heterocycles. The van der Waals surface area contributed by atoms with Crippen molar-refractivity contribution in [3.05, 3.63) is 28.0 Å². The minimum absolute atomic E-state index is 0.0742. The highest BCUT2D eigenvalue weighted by Gasteiger charge is 2.32. The number of amides is 1. The molecule has 3 heterocycles. The average molecular weight is 277 g/mol. The van der Waals surface area contributed by atoms with Crippen LogP contribution in [0, 0.1) is 6.92 Å². The van der Waals surface area contributed by atoms with Crippen LogP contribution in [0.1, 0.15) is 29.0 Å². The summed E-state index contributed by atoms with van der Waals surface area (Å²) in [6.45, 7) is 2.14. The van der Waals surface area contributed by atoms with Crippen molar-refractivity contribution in [3.8, 4) is 0 Å². The Morgan fingerprint density at radius 1 is 1.65 bits per heavy atom. The van der Waals surface area contributed by atoms with Gasteiger partial charge in [0, 0.05) is 6.54 Å². The summed E-state index contributed by atoms with van der Waals surface area (Å²) < 4.78 is 5.39. The molecule has 0 saturated carbocycles. The Morgan fingerprint density at radius 3 is 3.20 bits per heavy atom. The van der Waals surface area contributed by atoms with E-state index in [1.54, 1.807) is 11.8 Å². The number of aryl methyl sites for hydroxylation is 1. The second-order valence-corrected chi connectivity index (χ2v) is 4.92. The van der Waals surface area contributed by atoms with E-state index >= 15 is 0 Å². The number of fused-ring (bicyclic) bond motifs is 1. The summed E-state index contributed by atoms with van der Waals surface area (Å²) in [6, 6.07) is -0.192. The molecule has 7 heteroatoms. The van der Waals surface area contributed by atoms with Crippen molar-refractivity contribution in [1.82, 2.24) is 14.9 Å². The second-order valence-electron chi connectivity index (χ2n) is 4.92. The zero-order chi connectivity index (χ0) is 14.3. The molecule has 1 aliphatic heterocycles. The maximum Gasteiger partial charge on any atom is 0.262 e. The number of carbonyl (C=O) groups is 1. The van der Waals surface area contributed by atoms with Gasteiger partial charge in [-0.05, 0) is 19.8 Å². The number of hydrogen-bond acceptors (Lipinski definition) is 5. The van der Waals surface area contributed by atoms with Crippen LogP contribution in [-0.4, -0.2) is 45.1 Å². The van der Waals surface area contributed by atoms with Crippen LogP contribution in [0.2, 0.25) is 0 Å². The average Bonchev–Trinajstić information content (AvgIpc) is 3.02. The number of nitrogens with zero attached hydrogens (tertiary/aromatic N) is 2. The molecule has 1 fully saturated rings. The largest absolute Gasteiger partial charge is 0.442 e. The number of nitrogens with one attached hydrogen (secondary N) is 1. The van der Waals surface area contributed by atoms with Crippen molar-refractivity contribution in [2.24, 2.45) is 0 Å². The molecule has 0 radical (unpaired) electrons. The van der Waals surface area contributed by atoms with Crippen LogP contribution >= 0.6 is 0 Å². The maximum absolute atomic E-state index is 12.6. The van der Waals surface area contributed by atoms with Gasteiger partial charge < -0.3 is 19.4 Å². The Bertz CT molecular complexity index is 718. The van der Waals surface area contributed by atoms with Gasteiger partial charge in [0.1, 0.15) is 11.1 Å². The molecule has 0 spiro atoms. The Morgan fingerprint density at radius 2 is 2.45 bits per heavy atom. The number of hydrogen-bond donors (Lipinski definition) is 2. The summed E-state index contributed by atoms with van der Waals surface area (Å²) in [5, 5.41) is 9.50. The molecule has 1 amide bonds. The molecule has 1 unspecified atom stereocenters. The van der Waals surface area contributed by atoms with Crippen molar-refractivity contribution in [3.63, 3.8) is 0 Å². The second kappa shape index (κ2) is 4.75. The van der Waals surface area contributed by atoms with Crippen molar-refractivity contribution in [1.29, 1.82) is 0 Å². The SMILES string of the molecule is Cc1oc2nc[nH]c(=O)c2c1C(=O)N1CCCC1CO. The van der Waals surface area contributed by atoms with E-state index in [0.29, 0.717) is 12.3 Å². The van der Waals surface area contributed by atoms with Gasteiger partial charge in [-0.25, -0.2) is 4.98 Å².